The predicted molar refractivity (Wildman–Crippen MR) is 90.3 cm³/mol. The summed E-state index contributed by atoms with van der Waals surface area (Å²) in [4.78, 5) is 15.5. The number of rotatable bonds is 6. The number of hydrogen-bond donors (Lipinski definition) is 1. The van der Waals surface area contributed by atoms with Gasteiger partial charge in [-0.3, -0.25) is 4.79 Å². The van der Waals surface area contributed by atoms with E-state index in [0.717, 1.165) is 14.9 Å². The number of amides is 1. The number of para-hydroxylation sites is 1. The Hall–Kier alpha value is -1.78. The monoisotopic (exact) mass is 320 g/mol. The molecule has 0 spiro atoms. The van der Waals surface area contributed by atoms with E-state index >= 15 is 0 Å². The molecule has 1 amide bonds. The van der Waals surface area contributed by atoms with E-state index in [1.807, 2.05) is 43.4 Å². The van der Waals surface area contributed by atoms with Crippen molar-refractivity contribution < 1.29 is 4.79 Å². The molecule has 3 nitrogen and oxygen atoms in total. The number of thiophene rings is 1. The van der Waals surface area contributed by atoms with Gasteiger partial charge in [0, 0.05) is 24.2 Å². The molecule has 0 aliphatic heterocycles. The van der Waals surface area contributed by atoms with Crippen LogP contribution in [-0.2, 0) is 6.54 Å². The minimum atomic E-state index is -0.0237. The predicted octanol–water partition coefficient (Wildman–Crippen LogP) is 4.27. The number of nitrogens with zero attached hydrogens (tertiary/aromatic N) is 1. The maximum absolute atomic E-state index is 12.7. The summed E-state index contributed by atoms with van der Waals surface area (Å²) in [5.41, 5.74) is 1.48. The standard InChI is InChI=1S/C16H17ClN2OS/c1-3-10-19(11-12-8-9-15(17)21-12)16(20)13-6-4-5-7-14(13)18-2/h3-9,18H,1,10-11H2,2H3. The van der Waals surface area contributed by atoms with Gasteiger partial charge in [0.15, 0.2) is 0 Å². The Kier molecular flexibility index (Phi) is 5.42. The zero-order valence-electron chi connectivity index (χ0n) is 11.8. The van der Waals surface area contributed by atoms with Crippen molar-refractivity contribution in [2.75, 3.05) is 18.9 Å². The summed E-state index contributed by atoms with van der Waals surface area (Å²) in [6, 6.07) is 11.3. The average molecular weight is 321 g/mol. The van der Waals surface area contributed by atoms with Crippen molar-refractivity contribution in [2.24, 2.45) is 0 Å². The second-order valence-corrected chi connectivity index (χ2v) is 6.28. The molecule has 0 saturated carbocycles. The van der Waals surface area contributed by atoms with E-state index in [1.54, 1.807) is 11.0 Å². The van der Waals surface area contributed by atoms with Crippen molar-refractivity contribution in [3.05, 3.63) is 63.8 Å². The molecule has 2 rings (SSSR count). The van der Waals surface area contributed by atoms with Crippen molar-refractivity contribution in [2.45, 2.75) is 6.54 Å². The van der Waals surface area contributed by atoms with Gasteiger partial charge >= 0.3 is 0 Å². The second kappa shape index (κ2) is 7.29. The summed E-state index contributed by atoms with van der Waals surface area (Å²) in [6.07, 6.45) is 1.73. The Balaban J connectivity index is 2.24. The van der Waals surface area contributed by atoms with Crippen LogP contribution in [0.15, 0.2) is 49.1 Å². The first-order valence-electron chi connectivity index (χ1n) is 6.57. The largest absolute Gasteiger partial charge is 0.387 e. The number of halogens is 1. The Morgan fingerprint density at radius 3 is 2.76 bits per heavy atom. The summed E-state index contributed by atoms with van der Waals surface area (Å²) in [7, 11) is 1.81. The smallest absolute Gasteiger partial charge is 0.256 e. The fourth-order valence-electron chi connectivity index (χ4n) is 2.06. The summed E-state index contributed by atoms with van der Waals surface area (Å²) >= 11 is 7.44. The summed E-state index contributed by atoms with van der Waals surface area (Å²) in [5, 5.41) is 3.05. The number of nitrogens with one attached hydrogen (secondary N) is 1. The SMILES string of the molecule is C=CCN(Cc1ccc(Cl)s1)C(=O)c1ccccc1NC. The molecule has 1 aromatic heterocycles. The highest BCUT2D eigenvalue weighted by Crippen LogP contribution is 2.24. The lowest BCUT2D eigenvalue weighted by Gasteiger charge is -2.22. The molecule has 5 heteroatoms. The Labute approximate surface area is 133 Å². The molecule has 0 unspecified atom stereocenters. The van der Waals surface area contributed by atoms with Crippen molar-refractivity contribution >= 4 is 34.5 Å². The third-order valence-electron chi connectivity index (χ3n) is 3.04. The van der Waals surface area contributed by atoms with E-state index in [9.17, 15) is 4.79 Å². The van der Waals surface area contributed by atoms with Gasteiger partial charge in [0.25, 0.3) is 5.91 Å². The second-order valence-electron chi connectivity index (χ2n) is 4.48. The lowest BCUT2D eigenvalue weighted by atomic mass is 10.1. The molecule has 0 aliphatic rings. The topological polar surface area (TPSA) is 32.3 Å². The van der Waals surface area contributed by atoms with E-state index in [1.165, 1.54) is 11.3 Å². The zero-order chi connectivity index (χ0) is 15.2. The average Bonchev–Trinajstić information content (AvgIpc) is 2.91. The normalized spacial score (nSPS) is 10.2. The molecule has 1 aromatic carbocycles. The first-order chi connectivity index (χ1) is 10.2. The van der Waals surface area contributed by atoms with Crippen molar-refractivity contribution in [3.63, 3.8) is 0 Å². The minimum absolute atomic E-state index is 0.0237. The van der Waals surface area contributed by atoms with Crippen LogP contribution in [-0.4, -0.2) is 24.4 Å². The van der Waals surface area contributed by atoms with Crippen LogP contribution < -0.4 is 5.32 Å². The van der Waals surface area contributed by atoms with Crippen molar-refractivity contribution in [1.82, 2.24) is 4.90 Å². The van der Waals surface area contributed by atoms with Crippen molar-refractivity contribution in [1.29, 1.82) is 0 Å². The van der Waals surface area contributed by atoms with Gasteiger partial charge in [0.05, 0.1) is 16.4 Å². The maximum atomic E-state index is 12.7. The molecular formula is C16H17ClN2OS. The molecule has 0 fully saturated rings. The first kappa shape index (κ1) is 15.6. The fraction of sp³-hybridized carbons (Fsp3) is 0.188. The van der Waals surface area contributed by atoms with E-state index in [4.69, 9.17) is 11.6 Å². The van der Waals surface area contributed by atoms with Crippen LogP contribution in [0.2, 0.25) is 4.34 Å². The molecule has 21 heavy (non-hydrogen) atoms. The van der Waals surface area contributed by atoms with E-state index in [2.05, 4.69) is 11.9 Å². The van der Waals surface area contributed by atoms with Crippen LogP contribution in [0.4, 0.5) is 5.69 Å². The molecule has 0 atom stereocenters. The highest BCUT2D eigenvalue weighted by atomic mass is 35.5. The van der Waals surface area contributed by atoms with E-state index in [0.29, 0.717) is 18.7 Å². The van der Waals surface area contributed by atoms with E-state index in [-0.39, 0.29) is 5.91 Å². The van der Waals surface area contributed by atoms with Crippen LogP contribution >= 0.6 is 22.9 Å². The molecular weight excluding hydrogens is 304 g/mol. The number of benzene rings is 1. The van der Waals surface area contributed by atoms with Crippen LogP contribution in [0.5, 0.6) is 0 Å². The lowest BCUT2D eigenvalue weighted by Crippen LogP contribution is -2.30. The first-order valence-corrected chi connectivity index (χ1v) is 7.76. The molecule has 0 radical (unpaired) electrons. The number of hydrogen-bond acceptors (Lipinski definition) is 3. The molecule has 110 valence electrons. The Morgan fingerprint density at radius 2 is 2.14 bits per heavy atom. The molecule has 1 heterocycles. The highest BCUT2D eigenvalue weighted by molar-refractivity contribution is 7.16. The van der Waals surface area contributed by atoms with Gasteiger partial charge in [-0.05, 0) is 24.3 Å². The van der Waals surface area contributed by atoms with Gasteiger partial charge in [0.1, 0.15) is 0 Å². The lowest BCUT2D eigenvalue weighted by molar-refractivity contribution is 0.0765. The Bertz CT molecular complexity index is 639. The van der Waals surface area contributed by atoms with Crippen LogP contribution in [0, 0.1) is 0 Å². The quantitative estimate of drug-likeness (QED) is 0.806. The third kappa shape index (κ3) is 3.86. The summed E-state index contributed by atoms with van der Waals surface area (Å²) in [5.74, 6) is -0.0237. The number of carbonyl (C=O) groups is 1. The van der Waals surface area contributed by atoms with Gasteiger partial charge in [-0.1, -0.05) is 29.8 Å². The fourth-order valence-corrected chi connectivity index (χ4v) is 3.16. The van der Waals surface area contributed by atoms with Gasteiger partial charge in [-0.2, -0.15) is 0 Å². The van der Waals surface area contributed by atoms with Gasteiger partial charge in [-0.15, -0.1) is 17.9 Å². The van der Waals surface area contributed by atoms with Crippen LogP contribution in [0.3, 0.4) is 0 Å². The van der Waals surface area contributed by atoms with Gasteiger partial charge in [-0.25, -0.2) is 0 Å². The molecule has 0 aliphatic carbocycles. The number of carbonyl (C=O) groups excluding carboxylic acids is 1. The summed E-state index contributed by atoms with van der Waals surface area (Å²) in [6.45, 7) is 4.75. The van der Waals surface area contributed by atoms with Gasteiger partial charge < -0.3 is 10.2 Å². The minimum Gasteiger partial charge on any atom is -0.387 e. The van der Waals surface area contributed by atoms with E-state index < -0.39 is 0 Å². The number of anilines is 1. The van der Waals surface area contributed by atoms with Crippen LogP contribution in [0.25, 0.3) is 0 Å². The molecule has 2 aromatic rings. The van der Waals surface area contributed by atoms with Crippen LogP contribution in [0.1, 0.15) is 15.2 Å². The summed E-state index contributed by atoms with van der Waals surface area (Å²) < 4.78 is 0.728. The maximum Gasteiger partial charge on any atom is 0.256 e. The molecule has 1 N–H and O–H groups in total. The zero-order valence-corrected chi connectivity index (χ0v) is 13.4. The van der Waals surface area contributed by atoms with Crippen molar-refractivity contribution in [3.8, 4) is 0 Å². The Morgan fingerprint density at radius 1 is 1.38 bits per heavy atom. The molecule has 0 saturated heterocycles. The third-order valence-corrected chi connectivity index (χ3v) is 4.25. The van der Waals surface area contributed by atoms with Gasteiger partial charge in [0.2, 0.25) is 0 Å². The molecule has 0 bridgehead atoms. The highest BCUT2D eigenvalue weighted by Gasteiger charge is 2.18.